The molecular weight excluding hydrogens is 213 g/mol. The summed E-state index contributed by atoms with van der Waals surface area (Å²) < 4.78 is 0. The van der Waals surface area contributed by atoms with Crippen molar-refractivity contribution >= 4 is 12.6 Å². The average Bonchev–Trinajstić information content (AvgIpc) is 2.29. The van der Waals surface area contributed by atoms with Gasteiger partial charge in [0.05, 0.1) is 0 Å². The number of hydrogen-bond donors (Lipinski definition) is 2. The van der Waals surface area contributed by atoms with Crippen LogP contribution in [-0.4, -0.2) is 34.7 Å². The molecule has 0 amide bonds. The average molecular weight is 235 g/mol. The largest absolute Gasteiger partial charge is 0.488 e. The zero-order chi connectivity index (χ0) is 13.1. The zero-order valence-electron chi connectivity index (χ0n) is 11.1. The van der Waals surface area contributed by atoms with Crippen LogP contribution in [0.1, 0.15) is 32.8 Å². The summed E-state index contributed by atoms with van der Waals surface area (Å²) in [5.74, 6) is 0. The van der Waals surface area contributed by atoms with E-state index in [1.54, 1.807) is 12.1 Å². The summed E-state index contributed by atoms with van der Waals surface area (Å²) >= 11 is 0. The molecule has 1 aromatic rings. The second-order valence-corrected chi connectivity index (χ2v) is 5.14. The maximum absolute atomic E-state index is 9.01. The van der Waals surface area contributed by atoms with Gasteiger partial charge >= 0.3 is 7.12 Å². The molecule has 17 heavy (non-hydrogen) atoms. The Hall–Kier alpha value is -0.835. The topological polar surface area (TPSA) is 43.7 Å². The Balaban J connectivity index is 2.69. The van der Waals surface area contributed by atoms with Crippen molar-refractivity contribution in [3.63, 3.8) is 0 Å². The minimum absolute atomic E-state index is 0.176. The first-order valence-corrected chi connectivity index (χ1v) is 6.03. The molecule has 0 heterocycles. The summed E-state index contributed by atoms with van der Waals surface area (Å²) in [5, 5.41) is 18.0. The number of hydrogen-bond acceptors (Lipinski definition) is 3. The van der Waals surface area contributed by atoms with Crippen LogP contribution in [0, 0.1) is 0 Å². The number of benzene rings is 1. The Labute approximate surface area is 104 Å². The minimum atomic E-state index is -1.38. The van der Waals surface area contributed by atoms with Gasteiger partial charge in [-0.15, -0.1) is 0 Å². The van der Waals surface area contributed by atoms with Crippen LogP contribution >= 0.6 is 0 Å². The molecule has 0 aliphatic rings. The molecule has 0 atom stereocenters. The fourth-order valence-electron chi connectivity index (χ4n) is 1.55. The second kappa shape index (κ2) is 5.67. The van der Waals surface area contributed by atoms with Gasteiger partial charge < -0.3 is 10.0 Å². The molecule has 0 bridgehead atoms. The van der Waals surface area contributed by atoms with Crippen molar-refractivity contribution < 1.29 is 10.0 Å². The van der Waals surface area contributed by atoms with E-state index in [0.717, 1.165) is 13.0 Å². The van der Waals surface area contributed by atoms with Crippen LogP contribution in [0.2, 0.25) is 0 Å². The second-order valence-electron chi connectivity index (χ2n) is 5.14. The zero-order valence-corrected chi connectivity index (χ0v) is 11.1. The van der Waals surface area contributed by atoms with Gasteiger partial charge in [-0.2, -0.15) is 0 Å². The molecule has 0 fully saturated rings. The van der Waals surface area contributed by atoms with Gasteiger partial charge in [0.2, 0.25) is 0 Å². The lowest BCUT2D eigenvalue weighted by molar-refractivity contribution is 0.143. The fourth-order valence-corrected chi connectivity index (χ4v) is 1.55. The summed E-state index contributed by atoms with van der Waals surface area (Å²) in [6, 6.07) is 7.40. The SMILES string of the molecule is CCC(C)(C)N(C)Cc1ccc(B(O)O)cc1. The molecule has 0 unspecified atom stereocenters. The summed E-state index contributed by atoms with van der Waals surface area (Å²) in [5.41, 5.74) is 1.89. The summed E-state index contributed by atoms with van der Waals surface area (Å²) in [7, 11) is 0.729. The van der Waals surface area contributed by atoms with Gasteiger partial charge in [-0.25, -0.2) is 0 Å². The molecule has 0 aliphatic heterocycles. The van der Waals surface area contributed by atoms with E-state index < -0.39 is 7.12 Å². The van der Waals surface area contributed by atoms with Gasteiger partial charge in [0.25, 0.3) is 0 Å². The van der Waals surface area contributed by atoms with Crippen molar-refractivity contribution in [3.05, 3.63) is 29.8 Å². The lowest BCUT2D eigenvalue weighted by Gasteiger charge is -2.34. The summed E-state index contributed by atoms with van der Waals surface area (Å²) in [6.45, 7) is 7.49. The van der Waals surface area contributed by atoms with E-state index in [-0.39, 0.29) is 5.54 Å². The maximum Gasteiger partial charge on any atom is 0.488 e. The first kappa shape index (κ1) is 14.2. The molecule has 1 aromatic carbocycles. The van der Waals surface area contributed by atoms with E-state index in [1.807, 2.05) is 12.1 Å². The Kier molecular flexibility index (Phi) is 4.75. The molecule has 3 nitrogen and oxygen atoms in total. The van der Waals surface area contributed by atoms with Gasteiger partial charge in [0.1, 0.15) is 0 Å². The van der Waals surface area contributed by atoms with Crippen molar-refractivity contribution in [2.45, 2.75) is 39.3 Å². The van der Waals surface area contributed by atoms with Gasteiger partial charge in [-0.05, 0) is 38.3 Å². The highest BCUT2D eigenvalue weighted by atomic mass is 16.4. The highest BCUT2D eigenvalue weighted by molar-refractivity contribution is 6.58. The van der Waals surface area contributed by atoms with Gasteiger partial charge in [0.15, 0.2) is 0 Å². The van der Waals surface area contributed by atoms with Gasteiger partial charge in [-0.1, -0.05) is 31.2 Å². The molecule has 0 aromatic heterocycles. The minimum Gasteiger partial charge on any atom is -0.423 e. The first-order valence-electron chi connectivity index (χ1n) is 6.03. The molecule has 2 N–H and O–H groups in total. The molecule has 4 heteroatoms. The van der Waals surface area contributed by atoms with Crippen LogP contribution in [0.25, 0.3) is 0 Å². The van der Waals surface area contributed by atoms with E-state index in [9.17, 15) is 0 Å². The van der Waals surface area contributed by atoms with E-state index in [0.29, 0.717) is 5.46 Å². The quantitative estimate of drug-likeness (QED) is 0.748. The van der Waals surface area contributed by atoms with Crippen LogP contribution in [0.4, 0.5) is 0 Å². The maximum atomic E-state index is 9.01. The standard InChI is InChI=1S/C13H22BNO2/c1-5-13(2,3)15(4)10-11-6-8-12(9-7-11)14(16)17/h6-9,16-17H,5,10H2,1-4H3. The van der Waals surface area contributed by atoms with Crippen molar-refractivity contribution in [2.24, 2.45) is 0 Å². The highest BCUT2D eigenvalue weighted by Crippen LogP contribution is 2.18. The van der Waals surface area contributed by atoms with Crippen LogP contribution < -0.4 is 5.46 Å². The predicted octanol–water partition coefficient (Wildman–Crippen LogP) is 0.987. The van der Waals surface area contributed by atoms with Crippen LogP contribution in [0.3, 0.4) is 0 Å². The molecule has 0 radical (unpaired) electrons. The lowest BCUT2D eigenvalue weighted by atomic mass is 9.80. The normalized spacial score (nSPS) is 11.9. The fraction of sp³-hybridized carbons (Fsp3) is 0.538. The predicted molar refractivity (Wildman–Crippen MR) is 72.1 cm³/mol. The monoisotopic (exact) mass is 235 g/mol. The number of rotatable bonds is 5. The van der Waals surface area contributed by atoms with Crippen molar-refractivity contribution in [2.75, 3.05) is 7.05 Å². The number of nitrogens with zero attached hydrogens (tertiary/aromatic N) is 1. The smallest absolute Gasteiger partial charge is 0.423 e. The Morgan fingerprint density at radius 1 is 1.18 bits per heavy atom. The van der Waals surface area contributed by atoms with E-state index in [4.69, 9.17) is 10.0 Å². The molecule has 0 saturated heterocycles. The summed E-state index contributed by atoms with van der Waals surface area (Å²) in [6.07, 6.45) is 1.09. The Morgan fingerprint density at radius 3 is 2.12 bits per heavy atom. The lowest BCUT2D eigenvalue weighted by Crippen LogP contribution is -2.39. The van der Waals surface area contributed by atoms with Crippen LogP contribution in [0.5, 0.6) is 0 Å². The third-order valence-electron chi connectivity index (χ3n) is 3.60. The Morgan fingerprint density at radius 2 is 1.71 bits per heavy atom. The molecule has 1 rings (SSSR count). The van der Waals surface area contributed by atoms with Crippen molar-refractivity contribution in [1.29, 1.82) is 0 Å². The van der Waals surface area contributed by atoms with E-state index in [2.05, 4.69) is 32.7 Å². The van der Waals surface area contributed by atoms with Crippen LogP contribution in [0.15, 0.2) is 24.3 Å². The van der Waals surface area contributed by atoms with Gasteiger partial charge in [0, 0.05) is 12.1 Å². The Bertz CT molecular complexity index is 349. The van der Waals surface area contributed by atoms with Crippen LogP contribution in [-0.2, 0) is 6.54 Å². The molecule has 0 spiro atoms. The molecule has 94 valence electrons. The third-order valence-corrected chi connectivity index (χ3v) is 3.60. The molecule has 0 aliphatic carbocycles. The summed E-state index contributed by atoms with van der Waals surface area (Å²) in [4.78, 5) is 2.30. The van der Waals surface area contributed by atoms with Gasteiger partial charge in [-0.3, -0.25) is 4.90 Å². The molecule has 0 saturated carbocycles. The van der Waals surface area contributed by atoms with E-state index in [1.165, 1.54) is 5.56 Å². The molecular formula is C13H22BNO2. The third kappa shape index (κ3) is 3.84. The van der Waals surface area contributed by atoms with Crippen molar-refractivity contribution in [1.82, 2.24) is 4.90 Å². The van der Waals surface area contributed by atoms with E-state index >= 15 is 0 Å². The van der Waals surface area contributed by atoms with Crippen molar-refractivity contribution in [3.8, 4) is 0 Å². The first-order chi connectivity index (χ1) is 7.86. The highest BCUT2D eigenvalue weighted by Gasteiger charge is 2.21.